The molecule has 1 aromatic heterocycles. The van der Waals surface area contributed by atoms with Crippen molar-refractivity contribution in [2.75, 3.05) is 29.9 Å². The quantitative estimate of drug-likeness (QED) is 0.889. The van der Waals surface area contributed by atoms with E-state index in [1.54, 1.807) is 0 Å². The van der Waals surface area contributed by atoms with Gasteiger partial charge in [0.05, 0.1) is 18.8 Å². The van der Waals surface area contributed by atoms with Crippen molar-refractivity contribution in [2.45, 2.75) is 39.3 Å². The maximum atomic E-state index is 5.65. The fourth-order valence-corrected chi connectivity index (χ4v) is 2.16. The second-order valence-electron chi connectivity index (χ2n) is 4.95. The molecule has 0 amide bonds. The molecule has 2 heterocycles. The standard InChI is InChI=1S/C14H23N3O/c1-4-8-15-13-6-5-7-14(16-13)17-9-12(3)18-10-11(17)2/h5-7,11-12H,4,8-10H2,1-3H3,(H,15,16). The van der Waals surface area contributed by atoms with Gasteiger partial charge in [-0.1, -0.05) is 13.0 Å². The van der Waals surface area contributed by atoms with Crippen molar-refractivity contribution in [3.63, 3.8) is 0 Å². The molecular weight excluding hydrogens is 226 g/mol. The minimum absolute atomic E-state index is 0.273. The van der Waals surface area contributed by atoms with Gasteiger partial charge in [0, 0.05) is 13.1 Å². The van der Waals surface area contributed by atoms with E-state index in [2.05, 4.69) is 48.1 Å². The number of hydrogen-bond acceptors (Lipinski definition) is 4. The predicted molar refractivity (Wildman–Crippen MR) is 75.2 cm³/mol. The van der Waals surface area contributed by atoms with E-state index in [0.717, 1.165) is 37.8 Å². The average Bonchev–Trinajstić information content (AvgIpc) is 2.39. The van der Waals surface area contributed by atoms with Gasteiger partial charge >= 0.3 is 0 Å². The van der Waals surface area contributed by atoms with Gasteiger partial charge in [0.2, 0.25) is 0 Å². The first-order valence-corrected chi connectivity index (χ1v) is 6.80. The molecule has 0 radical (unpaired) electrons. The number of nitrogens with zero attached hydrogens (tertiary/aromatic N) is 2. The summed E-state index contributed by atoms with van der Waals surface area (Å²) >= 11 is 0. The Kier molecular flexibility index (Phi) is 4.42. The highest BCUT2D eigenvalue weighted by Crippen LogP contribution is 2.21. The molecular formula is C14H23N3O. The molecule has 100 valence electrons. The zero-order valence-corrected chi connectivity index (χ0v) is 11.5. The van der Waals surface area contributed by atoms with Crippen molar-refractivity contribution >= 4 is 11.6 Å². The van der Waals surface area contributed by atoms with Crippen LogP contribution < -0.4 is 10.2 Å². The summed E-state index contributed by atoms with van der Waals surface area (Å²) in [5.41, 5.74) is 0. The largest absolute Gasteiger partial charge is 0.375 e. The summed E-state index contributed by atoms with van der Waals surface area (Å²) in [4.78, 5) is 7.00. The molecule has 1 saturated heterocycles. The van der Waals surface area contributed by atoms with Crippen molar-refractivity contribution in [2.24, 2.45) is 0 Å². The topological polar surface area (TPSA) is 37.4 Å². The Balaban J connectivity index is 2.11. The molecule has 1 N–H and O–H groups in total. The number of hydrogen-bond donors (Lipinski definition) is 1. The first kappa shape index (κ1) is 13.1. The summed E-state index contributed by atoms with van der Waals surface area (Å²) in [5, 5.41) is 3.33. The van der Waals surface area contributed by atoms with Crippen molar-refractivity contribution in [1.82, 2.24) is 4.98 Å². The molecule has 1 aromatic rings. The Morgan fingerprint density at radius 1 is 1.44 bits per heavy atom. The van der Waals surface area contributed by atoms with Crippen LogP contribution in [-0.2, 0) is 4.74 Å². The second kappa shape index (κ2) is 6.05. The summed E-state index contributed by atoms with van der Waals surface area (Å²) in [6, 6.07) is 6.54. The summed E-state index contributed by atoms with van der Waals surface area (Å²) in [5.74, 6) is 2.00. The lowest BCUT2D eigenvalue weighted by Crippen LogP contribution is -2.47. The fourth-order valence-electron chi connectivity index (χ4n) is 2.16. The van der Waals surface area contributed by atoms with E-state index < -0.39 is 0 Å². The Morgan fingerprint density at radius 2 is 2.28 bits per heavy atom. The van der Waals surface area contributed by atoms with E-state index in [1.807, 2.05) is 6.07 Å². The monoisotopic (exact) mass is 249 g/mol. The number of pyridine rings is 1. The molecule has 2 unspecified atom stereocenters. The highest BCUT2D eigenvalue weighted by molar-refractivity contribution is 5.48. The molecule has 2 atom stereocenters. The minimum atomic E-state index is 0.273. The van der Waals surface area contributed by atoms with E-state index in [4.69, 9.17) is 4.74 Å². The molecule has 0 spiro atoms. The molecule has 0 aliphatic carbocycles. The number of anilines is 2. The zero-order valence-electron chi connectivity index (χ0n) is 11.5. The first-order valence-electron chi connectivity index (χ1n) is 6.80. The van der Waals surface area contributed by atoms with Crippen LogP contribution in [0.1, 0.15) is 27.2 Å². The van der Waals surface area contributed by atoms with Gasteiger partial charge in [0.15, 0.2) is 0 Å². The minimum Gasteiger partial charge on any atom is -0.375 e. The lowest BCUT2D eigenvalue weighted by atomic mass is 10.2. The van der Waals surface area contributed by atoms with Crippen LogP contribution in [0.2, 0.25) is 0 Å². The van der Waals surface area contributed by atoms with Crippen LogP contribution >= 0.6 is 0 Å². The van der Waals surface area contributed by atoms with Crippen LogP contribution in [0.3, 0.4) is 0 Å². The van der Waals surface area contributed by atoms with Crippen LogP contribution in [-0.4, -0.2) is 36.8 Å². The third-order valence-electron chi connectivity index (χ3n) is 3.19. The van der Waals surface area contributed by atoms with E-state index in [0.29, 0.717) is 6.04 Å². The number of nitrogens with one attached hydrogen (secondary N) is 1. The van der Waals surface area contributed by atoms with E-state index in [1.165, 1.54) is 0 Å². The summed E-state index contributed by atoms with van der Waals surface area (Å²) < 4.78 is 5.65. The Morgan fingerprint density at radius 3 is 3.06 bits per heavy atom. The molecule has 1 aliphatic heterocycles. The van der Waals surface area contributed by atoms with Crippen LogP contribution in [0.25, 0.3) is 0 Å². The molecule has 0 bridgehead atoms. The predicted octanol–water partition coefficient (Wildman–Crippen LogP) is 2.52. The van der Waals surface area contributed by atoms with Gasteiger partial charge in [-0.25, -0.2) is 4.98 Å². The Bertz CT molecular complexity index is 383. The second-order valence-corrected chi connectivity index (χ2v) is 4.95. The lowest BCUT2D eigenvalue weighted by Gasteiger charge is -2.37. The molecule has 1 fully saturated rings. The smallest absolute Gasteiger partial charge is 0.131 e. The van der Waals surface area contributed by atoms with Crippen molar-refractivity contribution in [3.05, 3.63) is 18.2 Å². The highest BCUT2D eigenvalue weighted by Gasteiger charge is 2.24. The fraction of sp³-hybridized carbons (Fsp3) is 0.643. The third kappa shape index (κ3) is 3.13. The molecule has 4 nitrogen and oxygen atoms in total. The van der Waals surface area contributed by atoms with Gasteiger partial charge in [-0.15, -0.1) is 0 Å². The van der Waals surface area contributed by atoms with Crippen LogP contribution in [0.4, 0.5) is 11.6 Å². The summed E-state index contributed by atoms with van der Waals surface area (Å²) in [6.45, 7) is 9.09. The van der Waals surface area contributed by atoms with Gasteiger partial charge in [-0.2, -0.15) is 0 Å². The normalized spacial score (nSPS) is 24.1. The van der Waals surface area contributed by atoms with E-state index in [9.17, 15) is 0 Å². The van der Waals surface area contributed by atoms with Gasteiger partial charge in [-0.05, 0) is 32.4 Å². The molecule has 1 aliphatic rings. The highest BCUT2D eigenvalue weighted by atomic mass is 16.5. The van der Waals surface area contributed by atoms with Crippen molar-refractivity contribution in [3.8, 4) is 0 Å². The molecule has 2 rings (SSSR count). The molecule has 4 heteroatoms. The van der Waals surface area contributed by atoms with Gasteiger partial charge in [0.25, 0.3) is 0 Å². The number of morpholine rings is 1. The van der Waals surface area contributed by atoms with Gasteiger partial charge in [-0.3, -0.25) is 0 Å². The average molecular weight is 249 g/mol. The summed E-state index contributed by atoms with van der Waals surface area (Å²) in [6.07, 6.45) is 1.38. The molecule has 18 heavy (non-hydrogen) atoms. The van der Waals surface area contributed by atoms with Crippen LogP contribution in [0, 0.1) is 0 Å². The van der Waals surface area contributed by atoms with Crippen molar-refractivity contribution in [1.29, 1.82) is 0 Å². The lowest BCUT2D eigenvalue weighted by molar-refractivity contribution is 0.0340. The van der Waals surface area contributed by atoms with E-state index in [-0.39, 0.29) is 6.10 Å². The third-order valence-corrected chi connectivity index (χ3v) is 3.19. The van der Waals surface area contributed by atoms with Gasteiger partial charge in [0.1, 0.15) is 11.6 Å². The Labute approximate surface area is 109 Å². The maximum absolute atomic E-state index is 5.65. The summed E-state index contributed by atoms with van der Waals surface area (Å²) in [7, 11) is 0. The van der Waals surface area contributed by atoms with Gasteiger partial charge < -0.3 is 15.0 Å². The number of ether oxygens (including phenoxy) is 1. The van der Waals surface area contributed by atoms with Crippen LogP contribution in [0.5, 0.6) is 0 Å². The first-order chi connectivity index (χ1) is 8.70. The molecule has 0 aromatic carbocycles. The number of aromatic nitrogens is 1. The van der Waals surface area contributed by atoms with Crippen LogP contribution in [0.15, 0.2) is 18.2 Å². The zero-order chi connectivity index (χ0) is 13.0. The van der Waals surface area contributed by atoms with Crippen molar-refractivity contribution < 1.29 is 4.74 Å². The maximum Gasteiger partial charge on any atom is 0.131 e. The SMILES string of the molecule is CCCNc1cccc(N2CC(C)OCC2C)n1. The number of rotatable bonds is 4. The molecule has 0 saturated carbocycles. The Hall–Kier alpha value is -1.29. The van der Waals surface area contributed by atoms with E-state index >= 15 is 0 Å².